The van der Waals surface area contributed by atoms with Gasteiger partial charge in [-0.15, -0.1) is 0 Å². The first-order valence-electron chi connectivity index (χ1n) is 8.17. The number of carbonyl (C=O) groups is 1. The molecule has 4 nitrogen and oxygen atoms in total. The molecule has 0 aliphatic heterocycles. The van der Waals surface area contributed by atoms with E-state index in [-0.39, 0.29) is 11.9 Å². The highest BCUT2D eigenvalue weighted by molar-refractivity contribution is 5.78. The number of rotatable bonds is 6. The van der Waals surface area contributed by atoms with E-state index in [1.807, 2.05) is 24.3 Å². The standard InChI is InChI=1S/C18H25N3O/c1-3-21(13-18(22)20-17-6-4-5-7-17)14(2)16-10-8-15(12-19)9-11-16/h8-11,14,17H,3-7,13H2,1-2H3,(H,20,22)/t14-/m1/s1. The average Bonchev–Trinajstić information content (AvgIpc) is 3.05. The topological polar surface area (TPSA) is 56.1 Å². The summed E-state index contributed by atoms with van der Waals surface area (Å²) in [6.07, 6.45) is 4.68. The molecule has 1 aromatic rings. The number of nitrogens with zero attached hydrogens (tertiary/aromatic N) is 2. The highest BCUT2D eigenvalue weighted by Gasteiger charge is 2.21. The Balaban J connectivity index is 1.93. The molecule has 0 spiro atoms. The molecule has 118 valence electrons. The number of amides is 1. The van der Waals surface area contributed by atoms with Crippen molar-refractivity contribution in [3.05, 3.63) is 35.4 Å². The zero-order valence-electron chi connectivity index (χ0n) is 13.5. The first-order chi connectivity index (χ1) is 10.6. The Hall–Kier alpha value is -1.86. The zero-order chi connectivity index (χ0) is 15.9. The molecule has 1 saturated carbocycles. The highest BCUT2D eigenvalue weighted by Crippen LogP contribution is 2.21. The van der Waals surface area contributed by atoms with Gasteiger partial charge >= 0.3 is 0 Å². The summed E-state index contributed by atoms with van der Waals surface area (Å²) >= 11 is 0. The van der Waals surface area contributed by atoms with Gasteiger partial charge < -0.3 is 5.32 Å². The van der Waals surface area contributed by atoms with E-state index >= 15 is 0 Å². The Morgan fingerprint density at radius 2 is 2.00 bits per heavy atom. The lowest BCUT2D eigenvalue weighted by atomic mass is 10.0. The molecule has 0 heterocycles. The van der Waals surface area contributed by atoms with Gasteiger partial charge in [0.1, 0.15) is 0 Å². The van der Waals surface area contributed by atoms with Crippen LogP contribution in [0.4, 0.5) is 0 Å². The number of hydrogen-bond acceptors (Lipinski definition) is 3. The van der Waals surface area contributed by atoms with Crippen molar-refractivity contribution in [2.45, 2.75) is 51.6 Å². The minimum absolute atomic E-state index is 0.120. The first-order valence-corrected chi connectivity index (χ1v) is 8.17. The lowest BCUT2D eigenvalue weighted by Gasteiger charge is -2.28. The van der Waals surface area contributed by atoms with Crippen molar-refractivity contribution >= 4 is 5.91 Å². The summed E-state index contributed by atoms with van der Waals surface area (Å²) in [5, 5.41) is 12.0. The van der Waals surface area contributed by atoms with E-state index in [1.54, 1.807) is 0 Å². The monoisotopic (exact) mass is 299 g/mol. The molecule has 0 radical (unpaired) electrons. The van der Waals surface area contributed by atoms with E-state index in [2.05, 4.69) is 30.1 Å². The van der Waals surface area contributed by atoms with Gasteiger partial charge in [0, 0.05) is 12.1 Å². The van der Waals surface area contributed by atoms with Gasteiger partial charge in [0.15, 0.2) is 0 Å². The smallest absolute Gasteiger partial charge is 0.234 e. The molecule has 0 saturated heterocycles. The highest BCUT2D eigenvalue weighted by atomic mass is 16.2. The van der Waals surface area contributed by atoms with Crippen LogP contribution in [0.25, 0.3) is 0 Å². The zero-order valence-corrected chi connectivity index (χ0v) is 13.5. The maximum atomic E-state index is 12.2. The molecule has 1 aliphatic carbocycles. The summed E-state index contributed by atoms with van der Waals surface area (Å²) in [7, 11) is 0. The van der Waals surface area contributed by atoms with Crippen molar-refractivity contribution in [2.24, 2.45) is 0 Å². The van der Waals surface area contributed by atoms with Crippen molar-refractivity contribution in [3.8, 4) is 6.07 Å². The van der Waals surface area contributed by atoms with Crippen LogP contribution in [-0.2, 0) is 4.79 Å². The molecule has 22 heavy (non-hydrogen) atoms. The third-order valence-corrected chi connectivity index (χ3v) is 4.54. The van der Waals surface area contributed by atoms with Crippen LogP contribution in [0.15, 0.2) is 24.3 Å². The number of carbonyl (C=O) groups excluding carboxylic acids is 1. The van der Waals surface area contributed by atoms with Gasteiger partial charge in [-0.1, -0.05) is 31.9 Å². The van der Waals surface area contributed by atoms with Gasteiger partial charge in [-0.05, 0) is 44.0 Å². The molecule has 1 amide bonds. The number of likely N-dealkylation sites (N-methyl/N-ethyl adjacent to an activating group) is 1. The molecular formula is C18H25N3O. The number of hydrogen-bond donors (Lipinski definition) is 1. The molecule has 1 aromatic carbocycles. The van der Waals surface area contributed by atoms with Crippen LogP contribution in [0.5, 0.6) is 0 Å². The fraction of sp³-hybridized carbons (Fsp3) is 0.556. The quantitative estimate of drug-likeness (QED) is 0.878. The molecule has 4 heteroatoms. The van der Waals surface area contributed by atoms with E-state index in [1.165, 1.54) is 12.8 Å². The van der Waals surface area contributed by atoms with E-state index in [0.717, 1.165) is 24.9 Å². The van der Waals surface area contributed by atoms with Crippen LogP contribution in [0.1, 0.15) is 56.7 Å². The second-order valence-corrected chi connectivity index (χ2v) is 6.02. The normalized spacial score (nSPS) is 16.5. The van der Waals surface area contributed by atoms with Crippen LogP contribution < -0.4 is 5.32 Å². The van der Waals surface area contributed by atoms with Crippen LogP contribution in [0.3, 0.4) is 0 Å². The molecule has 1 aliphatic rings. The van der Waals surface area contributed by atoms with E-state index in [0.29, 0.717) is 18.2 Å². The van der Waals surface area contributed by atoms with Crippen molar-refractivity contribution in [3.63, 3.8) is 0 Å². The van der Waals surface area contributed by atoms with Crippen molar-refractivity contribution in [1.82, 2.24) is 10.2 Å². The first kappa shape index (κ1) is 16.5. The maximum absolute atomic E-state index is 12.2. The Kier molecular flexibility index (Phi) is 5.97. The lowest BCUT2D eigenvalue weighted by Crippen LogP contribution is -2.42. The molecule has 0 unspecified atom stereocenters. The molecule has 2 rings (SSSR count). The molecule has 0 aromatic heterocycles. The summed E-state index contributed by atoms with van der Waals surface area (Å²) < 4.78 is 0. The Labute approximate surface area is 133 Å². The van der Waals surface area contributed by atoms with E-state index < -0.39 is 0 Å². The van der Waals surface area contributed by atoms with Crippen LogP contribution in [0.2, 0.25) is 0 Å². The van der Waals surface area contributed by atoms with Gasteiger partial charge in [-0.2, -0.15) is 5.26 Å². The van der Waals surface area contributed by atoms with Crippen LogP contribution >= 0.6 is 0 Å². The summed E-state index contributed by atoms with van der Waals surface area (Å²) in [6.45, 7) is 5.42. The molecule has 1 N–H and O–H groups in total. The third kappa shape index (κ3) is 4.32. The fourth-order valence-electron chi connectivity index (χ4n) is 3.10. The van der Waals surface area contributed by atoms with Crippen molar-refractivity contribution in [1.29, 1.82) is 5.26 Å². The second kappa shape index (κ2) is 7.95. The molecular weight excluding hydrogens is 274 g/mol. The van der Waals surface area contributed by atoms with Crippen molar-refractivity contribution in [2.75, 3.05) is 13.1 Å². The summed E-state index contributed by atoms with van der Waals surface area (Å²) in [5.74, 6) is 0.120. The SMILES string of the molecule is CCN(CC(=O)NC1CCCC1)[C@H](C)c1ccc(C#N)cc1. The number of benzene rings is 1. The van der Waals surface area contributed by atoms with Gasteiger partial charge in [0.2, 0.25) is 5.91 Å². The minimum Gasteiger partial charge on any atom is -0.352 e. The van der Waals surface area contributed by atoms with E-state index in [4.69, 9.17) is 5.26 Å². The number of nitriles is 1. The largest absolute Gasteiger partial charge is 0.352 e. The predicted octanol–water partition coefficient (Wildman–Crippen LogP) is 3.00. The summed E-state index contributed by atoms with van der Waals surface area (Å²) in [4.78, 5) is 14.4. The van der Waals surface area contributed by atoms with Crippen molar-refractivity contribution < 1.29 is 4.79 Å². The minimum atomic E-state index is 0.120. The molecule has 1 fully saturated rings. The van der Waals surface area contributed by atoms with Gasteiger partial charge in [-0.25, -0.2) is 0 Å². The molecule has 1 atom stereocenters. The van der Waals surface area contributed by atoms with Crippen LogP contribution in [-0.4, -0.2) is 29.9 Å². The van der Waals surface area contributed by atoms with Crippen LogP contribution in [0, 0.1) is 11.3 Å². The van der Waals surface area contributed by atoms with Gasteiger partial charge in [-0.3, -0.25) is 9.69 Å². The lowest BCUT2D eigenvalue weighted by molar-refractivity contribution is -0.123. The second-order valence-electron chi connectivity index (χ2n) is 6.02. The van der Waals surface area contributed by atoms with Gasteiger partial charge in [0.25, 0.3) is 0 Å². The summed E-state index contributed by atoms with van der Waals surface area (Å²) in [6, 6.07) is 10.3. The Bertz CT molecular complexity index is 526. The average molecular weight is 299 g/mol. The Morgan fingerprint density at radius 3 is 2.55 bits per heavy atom. The van der Waals surface area contributed by atoms with E-state index in [9.17, 15) is 4.79 Å². The molecule has 0 bridgehead atoms. The Morgan fingerprint density at radius 1 is 1.36 bits per heavy atom. The predicted molar refractivity (Wildman–Crippen MR) is 87.2 cm³/mol. The third-order valence-electron chi connectivity index (χ3n) is 4.54. The fourth-order valence-corrected chi connectivity index (χ4v) is 3.10. The maximum Gasteiger partial charge on any atom is 0.234 e. The summed E-state index contributed by atoms with van der Waals surface area (Å²) in [5.41, 5.74) is 1.80. The van der Waals surface area contributed by atoms with Gasteiger partial charge in [0.05, 0.1) is 18.2 Å². The number of nitrogens with one attached hydrogen (secondary N) is 1.